The second-order valence-corrected chi connectivity index (χ2v) is 5.36. The van der Waals surface area contributed by atoms with E-state index in [1.807, 2.05) is 0 Å². The summed E-state index contributed by atoms with van der Waals surface area (Å²) in [6.07, 6.45) is 0. The molecule has 0 aliphatic carbocycles. The maximum Gasteiger partial charge on any atom is 0.195 e. The molecule has 1 atom stereocenters. The minimum Gasteiger partial charge on any atom is -0.494 e. The number of ether oxygens (including phenoxy) is 1. The molecule has 0 aromatic heterocycles. The van der Waals surface area contributed by atoms with Crippen LogP contribution in [0.3, 0.4) is 0 Å². The van der Waals surface area contributed by atoms with Gasteiger partial charge in [0.15, 0.2) is 10.1 Å². The molecule has 1 aromatic carbocycles. The summed E-state index contributed by atoms with van der Waals surface area (Å²) in [6, 6.07) is 2.96. The Morgan fingerprint density at radius 1 is 1.47 bits per heavy atom. The molecule has 1 rings (SSSR count). The lowest BCUT2D eigenvalue weighted by atomic mass is 10.1. The van der Waals surface area contributed by atoms with Gasteiger partial charge >= 0.3 is 0 Å². The first-order chi connectivity index (χ1) is 6.97. The van der Waals surface area contributed by atoms with Crippen molar-refractivity contribution in [1.82, 2.24) is 0 Å². The summed E-state index contributed by atoms with van der Waals surface area (Å²) in [7, 11) is 1.42. The molecule has 15 heavy (non-hydrogen) atoms. The van der Waals surface area contributed by atoms with Gasteiger partial charge < -0.3 is 4.74 Å². The monoisotopic (exact) mass is 330 g/mol. The minimum absolute atomic E-state index is 0.256. The van der Waals surface area contributed by atoms with Crippen molar-refractivity contribution in [2.24, 2.45) is 0 Å². The van der Waals surface area contributed by atoms with Crippen molar-refractivity contribution in [2.45, 2.75) is 4.29 Å². The van der Waals surface area contributed by atoms with Gasteiger partial charge in [0.25, 0.3) is 0 Å². The lowest BCUT2D eigenvalue weighted by molar-refractivity contribution is 0.101. The van der Waals surface area contributed by atoms with Crippen LogP contribution in [0.25, 0.3) is 0 Å². The van der Waals surface area contributed by atoms with Crippen molar-refractivity contribution >= 4 is 56.5 Å². The van der Waals surface area contributed by atoms with Crippen LogP contribution in [0.15, 0.2) is 12.1 Å². The molecule has 0 spiro atoms. The van der Waals surface area contributed by atoms with Crippen LogP contribution in [0.4, 0.5) is 0 Å². The average Bonchev–Trinajstić information content (AvgIpc) is 2.15. The van der Waals surface area contributed by atoms with E-state index in [0.717, 1.165) is 0 Å². The van der Waals surface area contributed by atoms with Crippen LogP contribution in [-0.4, -0.2) is 17.2 Å². The molecule has 0 N–H and O–H groups in total. The van der Waals surface area contributed by atoms with Crippen molar-refractivity contribution in [3.05, 3.63) is 27.7 Å². The van der Waals surface area contributed by atoms with Gasteiger partial charge in [-0.1, -0.05) is 39.1 Å². The van der Waals surface area contributed by atoms with Gasteiger partial charge in [0, 0.05) is 5.02 Å². The topological polar surface area (TPSA) is 26.3 Å². The number of methoxy groups -OCH3 is 1. The molecule has 1 aromatic rings. The predicted molar refractivity (Wildman–Crippen MR) is 65.9 cm³/mol. The normalized spacial score (nSPS) is 12.3. The van der Waals surface area contributed by atoms with E-state index in [4.69, 9.17) is 39.5 Å². The van der Waals surface area contributed by atoms with Crippen LogP contribution in [-0.2, 0) is 0 Å². The van der Waals surface area contributed by atoms with Gasteiger partial charge in [-0.3, -0.25) is 4.79 Å². The molecule has 0 aliphatic rings. The maximum atomic E-state index is 11.7. The second kappa shape index (κ2) is 5.39. The third-order valence-electron chi connectivity index (χ3n) is 1.68. The first kappa shape index (κ1) is 13.1. The molecule has 1 unspecified atom stereocenters. The van der Waals surface area contributed by atoms with Crippen LogP contribution in [0.1, 0.15) is 10.4 Å². The Hall–Kier alpha value is 0.0400. The van der Waals surface area contributed by atoms with E-state index in [1.165, 1.54) is 19.2 Å². The summed E-state index contributed by atoms with van der Waals surface area (Å²) in [5, 5.41) is 0.632. The maximum absolute atomic E-state index is 11.7. The number of carbonyl (C=O) groups excluding carboxylic acids is 1. The molecule has 82 valence electrons. The molecule has 0 amide bonds. The van der Waals surface area contributed by atoms with E-state index >= 15 is 0 Å². The summed E-state index contributed by atoms with van der Waals surface area (Å²) in [5.41, 5.74) is 0.256. The van der Waals surface area contributed by atoms with Crippen molar-refractivity contribution < 1.29 is 9.53 Å². The molecule has 0 radical (unpaired) electrons. The lowest BCUT2D eigenvalue weighted by Gasteiger charge is -2.10. The molecule has 0 fully saturated rings. The van der Waals surface area contributed by atoms with Gasteiger partial charge in [-0.05, 0) is 12.1 Å². The molecular formula is C9H6BrCl3O2. The average molecular weight is 332 g/mol. The zero-order valence-electron chi connectivity index (χ0n) is 7.56. The number of halogens is 4. The first-order valence-electron chi connectivity index (χ1n) is 3.82. The highest BCUT2D eigenvalue weighted by Crippen LogP contribution is 2.34. The summed E-state index contributed by atoms with van der Waals surface area (Å²) in [4.78, 5) is 11.7. The van der Waals surface area contributed by atoms with Crippen LogP contribution in [0.2, 0.25) is 10.0 Å². The van der Waals surface area contributed by atoms with Gasteiger partial charge in [0.2, 0.25) is 0 Å². The van der Waals surface area contributed by atoms with E-state index in [0.29, 0.717) is 5.02 Å². The molecule has 0 bridgehead atoms. The number of benzene rings is 1. The third kappa shape index (κ3) is 3.00. The standard InChI is InChI=1S/C9H6BrCl3O2/c1-15-8-5(7(14)9(10)13)2-4(11)3-6(8)12/h2-3,9H,1H3. The van der Waals surface area contributed by atoms with Crippen LogP contribution < -0.4 is 4.74 Å². The van der Waals surface area contributed by atoms with Crippen LogP contribution in [0.5, 0.6) is 5.75 Å². The summed E-state index contributed by atoms with van der Waals surface area (Å²) < 4.78 is 4.18. The number of carbonyl (C=O) groups is 1. The number of ketones is 1. The van der Waals surface area contributed by atoms with Crippen molar-refractivity contribution in [1.29, 1.82) is 0 Å². The Bertz CT molecular complexity index is 393. The highest BCUT2D eigenvalue weighted by Gasteiger charge is 2.21. The second-order valence-electron chi connectivity index (χ2n) is 2.63. The summed E-state index contributed by atoms with van der Waals surface area (Å²) in [5.74, 6) is -0.0749. The molecule has 0 aliphatic heterocycles. The number of hydrogen-bond acceptors (Lipinski definition) is 2. The van der Waals surface area contributed by atoms with E-state index in [2.05, 4.69) is 15.9 Å². The molecule has 0 heterocycles. The van der Waals surface area contributed by atoms with E-state index in [9.17, 15) is 4.79 Å². The molecule has 0 saturated carbocycles. The number of alkyl halides is 2. The van der Waals surface area contributed by atoms with Crippen LogP contribution >= 0.6 is 50.7 Å². The fourth-order valence-corrected chi connectivity index (χ4v) is 2.00. The number of Topliss-reactive ketones (excluding diaryl/α,β-unsaturated/α-hetero) is 1. The highest BCUT2D eigenvalue weighted by atomic mass is 79.9. The van der Waals surface area contributed by atoms with E-state index < -0.39 is 4.29 Å². The lowest BCUT2D eigenvalue weighted by Crippen LogP contribution is -2.09. The van der Waals surface area contributed by atoms with Crippen molar-refractivity contribution in [3.8, 4) is 5.75 Å². The van der Waals surface area contributed by atoms with Crippen molar-refractivity contribution in [3.63, 3.8) is 0 Å². The van der Waals surface area contributed by atoms with E-state index in [-0.39, 0.29) is 22.1 Å². The Balaban J connectivity index is 3.32. The fourth-order valence-electron chi connectivity index (χ4n) is 1.07. The van der Waals surface area contributed by atoms with Gasteiger partial charge in [-0.25, -0.2) is 0 Å². The largest absolute Gasteiger partial charge is 0.494 e. The molecule has 0 saturated heterocycles. The predicted octanol–water partition coefficient (Wildman–Crippen LogP) is 4.14. The zero-order chi connectivity index (χ0) is 11.6. The molecular weight excluding hydrogens is 326 g/mol. The third-order valence-corrected chi connectivity index (χ3v) is 2.79. The van der Waals surface area contributed by atoms with Gasteiger partial charge in [-0.15, -0.1) is 11.6 Å². The smallest absolute Gasteiger partial charge is 0.195 e. The number of rotatable bonds is 3. The van der Waals surface area contributed by atoms with E-state index in [1.54, 1.807) is 0 Å². The van der Waals surface area contributed by atoms with Gasteiger partial charge in [0.1, 0.15) is 5.75 Å². The Morgan fingerprint density at radius 3 is 2.53 bits per heavy atom. The zero-order valence-corrected chi connectivity index (χ0v) is 11.4. The minimum atomic E-state index is -0.832. The molecule has 2 nitrogen and oxygen atoms in total. The quantitative estimate of drug-likeness (QED) is 0.614. The summed E-state index contributed by atoms with van der Waals surface area (Å²) >= 11 is 20.2. The first-order valence-corrected chi connectivity index (χ1v) is 5.93. The summed E-state index contributed by atoms with van der Waals surface area (Å²) in [6.45, 7) is 0. The van der Waals surface area contributed by atoms with Gasteiger partial charge in [0.05, 0.1) is 17.7 Å². The van der Waals surface area contributed by atoms with Gasteiger partial charge in [-0.2, -0.15) is 0 Å². The van der Waals surface area contributed by atoms with Crippen LogP contribution in [0, 0.1) is 0 Å². The Kier molecular flexibility index (Phi) is 4.71. The number of hydrogen-bond donors (Lipinski definition) is 0. The van der Waals surface area contributed by atoms with Crippen molar-refractivity contribution in [2.75, 3.05) is 7.11 Å². The Morgan fingerprint density at radius 2 is 2.07 bits per heavy atom. The fraction of sp³-hybridized carbons (Fsp3) is 0.222. The highest BCUT2D eigenvalue weighted by molar-refractivity contribution is 9.10. The SMILES string of the molecule is COc1c(Cl)cc(Cl)cc1C(=O)C(Cl)Br. The Labute approximate surface area is 111 Å². The molecule has 6 heteroatoms.